The lowest BCUT2D eigenvalue weighted by atomic mass is 10.0. The topological polar surface area (TPSA) is 95.1 Å². The number of nitrogens with one attached hydrogen (secondary N) is 2. The van der Waals surface area contributed by atoms with Gasteiger partial charge in [0.25, 0.3) is 11.5 Å². The standard InChI is InChI=1S/C18H23N3O3/c1-3-14-15(4-2)20-21-18(24)16(14)17(23)19-11-13(22)10-12-8-6-5-7-9-12/h5-9,13,22H,3-4,10-11H2,1-2H3,(H,19,23)(H,21,24). The van der Waals surface area contributed by atoms with Crippen molar-refractivity contribution in [1.82, 2.24) is 15.5 Å². The third-order valence-electron chi connectivity index (χ3n) is 3.90. The average molecular weight is 329 g/mol. The number of hydrogen-bond acceptors (Lipinski definition) is 4. The molecule has 0 fully saturated rings. The summed E-state index contributed by atoms with van der Waals surface area (Å²) in [5.41, 5.74) is 1.96. The van der Waals surface area contributed by atoms with Crippen LogP contribution < -0.4 is 10.9 Å². The van der Waals surface area contributed by atoms with E-state index in [4.69, 9.17) is 0 Å². The van der Waals surface area contributed by atoms with E-state index >= 15 is 0 Å². The fourth-order valence-corrected chi connectivity index (χ4v) is 2.69. The number of H-pyrrole nitrogens is 1. The summed E-state index contributed by atoms with van der Waals surface area (Å²) in [5.74, 6) is -0.475. The first-order valence-electron chi connectivity index (χ1n) is 8.17. The van der Waals surface area contributed by atoms with Crippen LogP contribution in [0.25, 0.3) is 0 Å². The van der Waals surface area contributed by atoms with E-state index in [-0.39, 0.29) is 12.1 Å². The third-order valence-corrected chi connectivity index (χ3v) is 3.90. The second-order valence-corrected chi connectivity index (χ2v) is 5.61. The van der Waals surface area contributed by atoms with Gasteiger partial charge in [-0.25, -0.2) is 5.10 Å². The van der Waals surface area contributed by atoms with Crippen molar-refractivity contribution in [3.05, 3.63) is 63.1 Å². The molecule has 1 amide bonds. The molecule has 0 aliphatic heterocycles. The van der Waals surface area contributed by atoms with Crippen molar-refractivity contribution in [2.45, 2.75) is 39.2 Å². The van der Waals surface area contributed by atoms with Gasteiger partial charge in [0.1, 0.15) is 5.56 Å². The molecule has 1 aromatic carbocycles. The Morgan fingerprint density at radius 2 is 1.96 bits per heavy atom. The predicted octanol–water partition coefficient (Wildman–Crippen LogP) is 1.23. The van der Waals surface area contributed by atoms with E-state index in [1.54, 1.807) is 0 Å². The van der Waals surface area contributed by atoms with Gasteiger partial charge in [0.2, 0.25) is 0 Å². The summed E-state index contributed by atoms with van der Waals surface area (Å²) >= 11 is 0. The molecule has 0 saturated heterocycles. The first kappa shape index (κ1) is 17.9. The van der Waals surface area contributed by atoms with Crippen molar-refractivity contribution < 1.29 is 9.90 Å². The number of carbonyl (C=O) groups excluding carboxylic acids is 1. The SMILES string of the molecule is CCc1n[nH]c(=O)c(C(=O)NCC(O)Cc2ccccc2)c1CC. The van der Waals surface area contributed by atoms with Gasteiger partial charge in [-0.05, 0) is 24.0 Å². The molecule has 0 aliphatic rings. The van der Waals surface area contributed by atoms with Crippen molar-refractivity contribution in [2.24, 2.45) is 0 Å². The Hall–Kier alpha value is -2.47. The molecule has 3 N–H and O–H groups in total. The van der Waals surface area contributed by atoms with E-state index in [0.29, 0.717) is 30.5 Å². The number of benzene rings is 1. The molecule has 1 atom stereocenters. The van der Waals surface area contributed by atoms with Crippen molar-refractivity contribution in [2.75, 3.05) is 6.54 Å². The highest BCUT2D eigenvalue weighted by Crippen LogP contribution is 2.10. The number of amides is 1. The molecule has 1 aromatic heterocycles. The Labute approximate surface area is 140 Å². The molecule has 2 aromatic rings. The molecular formula is C18H23N3O3. The van der Waals surface area contributed by atoms with Crippen molar-refractivity contribution in [3.63, 3.8) is 0 Å². The summed E-state index contributed by atoms with van der Waals surface area (Å²) in [7, 11) is 0. The van der Waals surface area contributed by atoms with Crippen LogP contribution in [-0.2, 0) is 19.3 Å². The number of rotatable bonds is 7. The van der Waals surface area contributed by atoms with Crippen LogP contribution in [0.15, 0.2) is 35.1 Å². The molecule has 6 heteroatoms. The summed E-state index contributed by atoms with van der Waals surface area (Å²) in [6.45, 7) is 3.89. The maximum atomic E-state index is 12.4. The van der Waals surface area contributed by atoms with E-state index in [1.165, 1.54) is 0 Å². The third kappa shape index (κ3) is 4.29. The minimum atomic E-state index is -0.715. The largest absolute Gasteiger partial charge is 0.391 e. The normalized spacial score (nSPS) is 12.0. The first-order valence-corrected chi connectivity index (χ1v) is 8.17. The molecule has 1 heterocycles. The van der Waals surface area contributed by atoms with Gasteiger partial charge in [0.15, 0.2) is 0 Å². The lowest BCUT2D eigenvalue weighted by molar-refractivity contribution is 0.0913. The lowest BCUT2D eigenvalue weighted by Gasteiger charge is -2.14. The molecule has 0 radical (unpaired) electrons. The van der Waals surface area contributed by atoms with Gasteiger partial charge in [0.05, 0.1) is 11.8 Å². The van der Waals surface area contributed by atoms with E-state index < -0.39 is 17.6 Å². The fourth-order valence-electron chi connectivity index (χ4n) is 2.69. The molecular weight excluding hydrogens is 306 g/mol. The van der Waals surface area contributed by atoms with Crippen LogP contribution in [0, 0.1) is 0 Å². The summed E-state index contributed by atoms with van der Waals surface area (Å²) in [6.07, 6.45) is 0.911. The Bertz CT molecular complexity index is 741. The number of carbonyl (C=O) groups is 1. The van der Waals surface area contributed by atoms with E-state index in [0.717, 1.165) is 5.56 Å². The van der Waals surface area contributed by atoms with E-state index in [9.17, 15) is 14.7 Å². The minimum absolute atomic E-state index is 0.0834. The highest BCUT2D eigenvalue weighted by atomic mass is 16.3. The number of nitrogens with zero attached hydrogens (tertiary/aromatic N) is 1. The zero-order valence-corrected chi connectivity index (χ0v) is 14.0. The van der Waals surface area contributed by atoms with Crippen LogP contribution in [0.2, 0.25) is 0 Å². The molecule has 0 spiro atoms. The second-order valence-electron chi connectivity index (χ2n) is 5.61. The Morgan fingerprint density at radius 1 is 1.25 bits per heavy atom. The van der Waals surface area contributed by atoms with Gasteiger partial charge < -0.3 is 10.4 Å². The Kier molecular flexibility index (Phi) is 6.26. The number of aliphatic hydroxyl groups excluding tert-OH is 1. The molecule has 0 bridgehead atoms. The van der Waals surface area contributed by atoms with Crippen molar-refractivity contribution in [1.29, 1.82) is 0 Å². The summed E-state index contributed by atoms with van der Waals surface area (Å²) < 4.78 is 0. The van der Waals surface area contributed by atoms with Gasteiger partial charge in [-0.2, -0.15) is 5.10 Å². The fraction of sp³-hybridized carbons (Fsp3) is 0.389. The molecule has 1 unspecified atom stereocenters. The quantitative estimate of drug-likeness (QED) is 0.712. The van der Waals surface area contributed by atoms with Crippen molar-refractivity contribution >= 4 is 5.91 Å². The van der Waals surface area contributed by atoms with Gasteiger partial charge in [0, 0.05) is 13.0 Å². The molecule has 128 valence electrons. The Balaban J connectivity index is 2.06. The maximum absolute atomic E-state index is 12.4. The van der Waals surface area contributed by atoms with E-state index in [2.05, 4.69) is 15.5 Å². The molecule has 2 rings (SSSR count). The summed E-state index contributed by atoms with van der Waals surface area (Å²) in [4.78, 5) is 24.4. The lowest BCUT2D eigenvalue weighted by Crippen LogP contribution is -2.37. The molecule has 6 nitrogen and oxygen atoms in total. The van der Waals surface area contributed by atoms with Crippen LogP contribution in [0.4, 0.5) is 0 Å². The number of aromatic nitrogens is 2. The van der Waals surface area contributed by atoms with Crippen LogP contribution in [0.1, 0.15) is 41.0 Å². The van der Waals surface area contributed by atoms with Gasteiger partial charge in [-0.15, -0.1) is 0 Å². The second kappa shape index (κ2) is 8.40. The zero-order valence-electron chi connectivity index (χ0n) is 14.0. The van der Waals surface area contributed by atoms with Crippen LogP contribution in [0.3, 0.4) is 0 Å². The number of aryl methyl sites for hydroxylation is 1. The van der Waals surface area contributed by atoms with Crippen LogP contribution in [-0.4, -0.2) is 33.9 Å². The number of aliphatic hydroxyl groups is 1. The maximum Gasteiger partial charge on any atom is 0.277 e. The average Bonchev–Trinajstić information content (AvgIpc) is 2.60. The minimum Gasteiger partial charge on any atom is -0.391 e. The molecule has 24 heavy (non-hydrogen) atoms. The molecule has 0 saturated carbocycles. The highest BCUT2D eigenvalue weighted by Gasteiger charge is 2.19. The van der Waals surface area contributed by atoms with Gasteiger partial charge >= 0.3 is 0 Å². The number of aromatic amines is 1. The van der Waals surface area contributed by atoms with Gasteiger partial charge in [-0.3, -0.25) is 9.59 Å². The highest BCUT2D eigenvalue weighted by molar-refractivity contribution is 5.95. The Morgan fingerprint density at radius 3 is 2.58 bits per heavy atom. The zero-order chi connectivity index (χ0) is 17.5. The summed E-state index contributed by atoms with van der Waals surface area (Å²) in [6, 6.07) is 9.54. The molecule has 0 aliphatic carbocycles. The van der Waals surface area contributed by atoms with Gasteiger partial charge in [-0.1, -0.05) is 44.2 Å². The van der Waals surface area contributed by atoms with Crippen molar-refractivity contribution in [3.8, 4) is 0 Å². The van der Waals surface area contributed by atoms with Crippen LogP contribution >= 0.6 is 0 Å². The first-order chi connectivity index (χ1) is 11.6. The monoisotopic (exact) mass is 329 g/mol. The van der Waals surface area contributed by atoms with Crippen LogP contribution in [0.5, 0.6) is 0 Å². The van der Waals surface area contributed by atoms with E-state index in [1.807, 2.05) is 44.2 Å². The predicted molar refractivity (Wildman–Crippen MR) is 92.1 cm³/mol. The number of hydrogen-bond donors (Lipinski definition) is 3. The summed E-state index contributed by atoms with van der Waals surface area (Å²) in [5, 5.41) is 19.1. The smallest absolute Gasteiger partial charge is 0.277 e.